The van der Waals surface area contributed by atoms with Gasteiger partial charge < -0.3 is 10.1 Å². The Morgan fingerprint density at radius 3 is 2.84 bits per heavy atom. The summed E-state index contributed by atoms with van der Waals surface area (Å²) in [5.74, 6) is 0. The van der Waals surface area contributed by atoms with Crippen LogP contribution in [0.25, 0.3) is 0 Å². The number of nitrogens with one attached hydrogen (secondary N) is 1. The maximum Gasteiger partial charge on any atom is 0.0721 e. The van der Waals surface area contributed by atoms with Gasteiger partial charge in [0.15, 0.2) is 0 Å². The minimum atomic E-state index is 0.265. The van der Waals surface area contributed by atoms with Crippen LogP contribution in [0.15, 0.2) is 28.7 Å². The molecule has 1 aliphatic carbocycles. The summed E-state index contributed by atoms with van der Waals surface area (Å²) in [6.07, 6.45) is 7.10. The van der Waals surface area contributed by atoms with Crippen LogP contribution in [0, 0.1) is 0 Å². The highest BCUT2D eigenvalue weighted by atomic mass is 79.9. The maximum absolute atomic E-state index is 5.89. The van der Waals surface area contributed by atoms with E-state index >= 15 is 0 Å². The Labute approximate surface area is 125 Å². The van der Waals surface area contributed by atoms with Crippen LogP contribution in [-0.4, -0.2) is 18.7 Å². The normalized spacial score (nSPS) is 18.4. The minimum absolute atomic E-state index is 0.265. The van der Waals surface area contributed by atoms with Gasteiger partial charge in [0.25, 0.3) is 0 Å². The summed E-state index contributed by atoms with van der Waals surface area (Å²) in [6, 6.07) is 9.02. The van der Waals surface area contributed by atoms with Crippen molar-refractivity contribution in [1.29, 1.82) is 0 Å². The molecule has 0 heterocycles. The van der Waals surface area contributed by atoms with Crippen LogP contribution in [0.1, 0.15) is 44.6 Å². The molecule has 2 nitrogen and oxygen atoms in total. The van der Waals surface area contributed by atoms with E-state index in [0.717, 1.165) is 11.0 Å². The van der Waals surface area contributed by atoms with Crippen molar-refractivity contribution in [3.63, 3.8) is 0 Å². The topological polar surface area (TPSA) is 21.3 Å². The predicted octanol–water partition coefficient (Wildman–Crippen LogP) is 4.28. The summed E-state index contributed by atoms with van der Waals surface area (Å²) >= 11 is 3.48. The molecule has 0 spiro atoms. The Bertz CT molecular complexity index is 377. The quantitative estimate of drug-likeness (QED) is 0.843. The van der Waals surface area contributed by atoms with Gasteiger partial charge >= 0.3 is 0 Å². The highest BCUT2D eigenvalue weighted by Crippen LogP contribution is 2.17. The van der Waals surface area contributed by atoms with E-state index in [1.54, 1.807) is 0 Å². The zero-order valence-electron chi connectivity index (χ0n) is 11.7. The van der Waals surface area contributed by atoms with Crippen LogP contribution in [0.4, 0.5) is 0 Å². The highest BCUT2D eigenvalue weighted by Gasteiger charge is 2.13. The summed E-state index contributed by atoms with van der Waals surface area (Å²) in [7, 11) is 0. The maximum atomic E-state index is 5.89. The van der Waals surface area contributed by atoms with Crippen LogP contribution < -0.4 is 5.32 Å². The summed E-state index contributed by atoms with van der Waals surface area (Å²) < 4.78 is 7.00. The van der Waals surface area contributed by atoms with Crippen molar-refractivity contribution in [2.24, 2.45) is 0 Å². The van der Waals surface area contributed by atoms with Gasteiger partial charge in [0.2, 0.25) is 0 Å². The lowest BCUT2D eigenvalue weighted by atomic mass is 9.95. The smallest absolute Gasteiger partial charge is 0.0721 e. The molecular weight excluding hydrogens is 302 g/mol. The summed E-state index contributed by atoms with van der Waals surface area (Å²) in [5.41, 5.74) is 1.22. The Hall–Kier alpha value is -0.380. The van der Waals surface area contributed by atoms with E-state index < -0.39 is 0 Å². The van der Waals surface area contributed by atoms with E-state index in [4.69, 9.17) is 4.74 Å². The second kappa shape index (κ2) is 8.03. The average Bonchev–Trinajstić information content (AvgIpc) is 2.44. The summed E-state index contributed by atoms with van der Waals surface area (Å²) in [6.45, 7) is 3.79. The first-order chi connectivity index (χ1) is 9.24. The third kappa shape index (κ3) is 5.64. The molecule has 2 rings (SSSR count). The molecule has 3 heteroatoms. The van der Waals surface area contributed by atoms with Crippen molar-refractivity contribution in [2.75, 3.05) is 6.54 Å². The standard InChI is InChI=1S/C16H24BrNO/c1-13(11-18-16-8-3-2-4-9-16)19-12-14-6-5-7-15(17)10-14/h5-7,10,13,16,18H,2-4,8-9,11-12H2,1H3. The Kier molecular flexibility index (Phi) is 6.35. The average molecular weight is 326 g/mol. The number of benzene rings is 1. The molecule has 1 fully saturated rings. The second-order valence-corrected chi connectivity index (χ2v) is 6.41. The monoisotopic (exact) mass is 325 g/mol. The molecular formula is C16H24BrNO. The number of rotatable bonds is 6. The molecule has 19 heavy (non-hydrogen) atoms. The third-order valence-electron chi connectivity index (χ3n) is 3.72. The molecule has 0 bridgehead atoms. The minimum Gasteiger partial charge on any atom is -0.373 e. The van der Waals surface area contributed by atoms with Crippen LogP contribution in [0.5, 0.6) is 0 Å². The van der Waals surface area contributed by atoms with Crippen LogP contribution in [-0.2, 0) is 11.3 Å². The van der Waals surface area contributed by atoms with Crippen molar-refractivity contribution < 1.29 is 4.74 Å². The molecule has 106 valence electrons. The van der Waals surface area contributed by atoms with E-state index in [9.17, 15) is 0 Å². The van der Waals surface area contributed by atoms with Crippen LogP contribution >= 0.6 is 15.9 Å². The molecule has 1 N–H and O–H groups in total. The molecule has 1 saturated carbocycles. The fourth-order valence-corrected chi connectivity index (χ4v) is 3.01. The van der Waals surface area contributed by atoms with Crippen molar-refractivity contribution in [3.8, 4) is 0 Å². The molecule has 1 unspecified atom stereocenters. The lowest BCUT2D eigenvalue weighted by Crippen LogP contribution is -2.36. The molecule has 0 radical (unpaired) electrons. The van der Waals surface area contributed by atoms with Crippen molar-refractivity contribution in [1.82, 2.24) is 5.32 Å². The lowest BCUT2D eigenvalue weighted by molar-refractivity contribution is 0.0504. The highest BCUT2D eigenvalue weighted by molar-refractivity contribution is 9.10. The lowest BCUT2D eigenvalue weighted by Gasteiger charge is -2.24. The number of ether oxygens (including phenoxy) is 1. The first-order valence-electron chi connectivity index (χ1n) is 7.33. The van der Waals surface area contributed by atoms with Gasteiger partial charge in [-0.25, -0.2) is 0 Å². The van der Waals surface area contributed by atoms with E-state index in [2.05, 4.69) is 40.3 Å². The predicted molar refractivity (Wildman–Crippen MR) is 83.3 cm³/mol. The second-order valence-electron chi connectivity index (χ2n) is 5.49. The van der Waals surface area contributed by atoms with Crippen molar-refractivity contribution >= 4 is 15.9 Å². The Morgan fingerprint density at radius 1 is 1.32 bits per heavy atom. The first kappa shape index (κ1) is 15.0. The fourth-order valence-electron chi connectivity index (χ4n) is 2.56. The third-order valence-corrected chi connectivity index (χ3v) is 4.22. The van der Waals surface area contributed by atoms with Gasteiger partial charge in [0, 0.05) is 17.1 Å². The Morgan fingerprint density at radius 2 is 2.11 bits per heavy atom. The molecule has 1 aliphatic rings. The number of hydrogen-bond donors (Lipinski definition) is 1. The zero-order chi connectivity index (χ0) is 13.5. The van der Waals surface area contributed by atoms with Gasteiger partial charge in [-0.3, -0.25) is 0 Å². The van der Waals surface area contributed by atoms with Gasteiger partial charge in [-0.2, -0.15) is 0 Å². The fraction of sp³-hybridized carbons (Fsp3) is 0.625. The summed E-state index contributed by atoms with van der Waals surface area (Å²) in [5, 5.41) is 3.63. The molecule has 1 aromatic rings. The van der Waals surface area contributed by atoms with E-state index in [1.807, 2.05) is 12.1 Å². The van der Waals surface area contributed by atoms with Gasteiger partial charge in [0.1, 0.15) is 0 Å². The number of halogens is 1. The van der Waals surface area contributed by atoms with E-state index in [0.29, 0.717) is 12.6 Å². The molecule has 1 aromatic carbocycles. The molecule has 1 atom stereocenters. The zero-order valence-corrected chi connectivity index (χ0v) is 13.3. The molecule has 0 aromatic heterocycles. The molecule has 0 aliphatic heterocycles. The van der Waals surface area contributed by atoms with E-state index in [1.165, 1.54) is 37.7 Å². The first-order valence-corrected chi connectivity index (χ1v) is 8.13. The van der Waals surface area contributed by atoms with Crippen molar-refractivity contribution in [2.45, 2.75) is 57.8 Å². The SMILES string of the molecule is CC(CNC1CCCCC1)OCc1cccc(Br)c1. The molecule has 0 amide bonds. The van der Waals surface area contributed by atoms with Crippen molar-refractivity contribution in [3.05, 3.63) is 34.3 Å². The summed E-state index contributed by atoms with van der Waals surface area (Å²) in [4.78, 5) is 0. The molecule has 0 saturated heterocycles. The van der Waals surface area contributed by atoms with Gasteiger partial charge in [-0.15, -0.1) is 0 Å². The Balaban J connectivity index is 1.65. The van der Waals surface area contributed by atoms with E-state index in [-0.39, 0.29) is 6.10 Å². The van der Waals surface area contributed by atoms with Gasteiger partial charge in [-0.1, -0.05) is 47.3 Å². The largest absolute Gasteiger partial charge is 0.373 e. The number of hydrogen-bond acceptors (Lipinski definition) is 2. The van der Waals surface area contributed by atoms with Gasteiger partial charge in [-0.05, 0) is 37.5 Å². The van der Waals surface area contributed by atoms with Gasteiger partial charge in [0.05, 0.1) is 12.7 Å². The van der Waals surface area contributed by atoms with Crippen LogP contribution in [0.2, 0.25) is 0 Å². The van der Waals surface area contributed by atoms with Crippen LogP contribution in [0.3, 0.4) is 0 Å².